The highest BCUT2D eigenvalue weighted by molar-refractivity contribution is 5.99. The first-order valence-electron chi connectivity index (χ1n) is 7.44. The van der Waals surface area contributed by atoms with Crippen molar-refractivity contribution in [1.82, 2.24) is 10.3 Å². The van der Waals surface area contributed by atoms with Crippen LogP contribution in [0.5, 0.6) is 0 Å². The Morgan fingerprint density at radius 3 is 2.65 bits per heavy atom. The zero-order valence-electron chi connectivity index (χ0n) is 13.3. The fourth-order valence-electron chi connectivity index (χ4n) is 1.73. The molecule has 1 aromatic rings. The lowest BCUT2D eigenvalue weighted by molar-refractivity contribution is 0.0945. The first-order valence-corrected chi connectivity index (χ1v) is 7.44. The molecule has 1 atom stereocenters. The molecule has 1 heterocycles. The smallest absolute Gasteiger partial charge is 0.254 e. The lowest BCUT2D eigenvalue weighted by Crippen LogP contribution is -2.30. The maximum atomic E-state index is 12.3. The third kappa shape index (κ3) is 4.83. The highest BCUT2D eigenvalue weighted by atomic mass is 16.1. The van der Waals surface area contributed by atoms with Gasteiger partial charge in [-0.3, -0.25) is 9.78 Å². The first-order chi connectivity index (χ1) is 9.45. The minimum Gasteiger partial charge on any atom is -0.384 e. The molecule has 0 saturated heterocycles. The van der Waals surface area contributed by atoms with Gasteiger partial charge in [-0.25, -0.2) is 0 Å². The molecule has 2 N–H and O–H groups in total. The molecule has 1 unspecified atom stereocenters. The normalized spacial score (nSPS) is 12.3. The minimum atomic E-state index is -0.0522. The second kappa shape index (κ2) is 7.88. The van der Waals surface area contributed by atoms with E-state index in [2.05, 4.69) is 43.3 Å². The molecule has 0 spiro atoms. The van der Waals surface area contributed by atoms with Gasteiger partial charge in [0.25, 0.3) is 5.91 Å². The number of aryl methyl sites for hydroxylation is 1. The second-order valence-corrected chi connectivity index (χ2v) is 5.73. The third-order valence-electron chi connectivity index (χ3n) is 3.57. The van der Waals surface area contributed by atoms with Gasteiger partial charge >= 0.3 is 0 Å². The highest BCUT2D eigenvalue weighted by Crippen LogP contribution is 2.16. The quantitative estimate of drug-likeness (QED) is 0.804. The summed E-state index contributed by atoms with van der Waals surface area (Å²) in [6.07, 6.45) is 2.68. The van der Waals surface area contributed by atoms with E-state index in [9.17, 15) is 4.79 Å². The van der Waals surface area contributed by atoms with Gasteiger partial charge in [0.1, 0.15) is 0 Å². The molecule has 0 aliphatic heterocycles. The average Bonchev–Trinajstić information content (AvgIpc) is 2.42. The van der Waals surface area contributed by atoms with Crippen molar-refractivity contribution in [2.24, 2.45) is 11.8 Å². The monoisotopic (exact) mass is 277 g/mol. The Hall–Kier alpha value is -1.58. The molecule has 112 valence electrons. The Balaban J connectivity index is 2.76. The molecule has 4 nitrogen and oxygen atoms in total. The maximum absolute atomic E-state index is 12.3. The molecule has 1 amide bonds. The predicted molar refractivity (Wildman–Crippen MR) is 84.1 cm³/mol. The Bertz CT molecular complexity index is 443. The maximum Gasteiger partial charge on any atom is 0.254 e. The van der Waals surface area contributed by atoms with Crippen molar-refractivity contribution in [3.63, 3.8) is 0 Å². The number of hydrogen-bond donors (Lipinski definition) is 2. The van der Waals surface area contributed by atoms with E-state index in [0.29, 0.717) is 23.9 Å². The largest absolute Gasteiger partial charge is 0.384 e. The van der Waals surface area contributed by atoms with E-state index in [0.717, 1.165) is 24.3 Å². The number of carbonyl (C=O) groups excluding carboxylic acids is 1. The first kappa shape index (κ1) is 16.5. The molecule has 20 heavy (non-hydrogen) atoms. The van der Waals surface area contributed by atoms with Crippen LogP contribution in [0.15, 0.2) is 12.3 Å². The molecule has 1 rings (SSSR count). The molecule has 0 aromatic carbocycles. The number of anilines is 1. The zero-order chi connectivity index (χ0) is 15.1. The van der Waals surface area contributed by atoms with Gasteiger partial charge in [0.05, 0.1) is 11.3 Å². The summed E-state index contributed by atoms with van der Waals surface area (Å²) in [6, 6.07) is 1.93. The van der Waals surface area contributed by atoms with Crippen LogP contribution in [0.25, 0.3) is 0 Å². The van der Waals surface area contributed by atoms with Gasteiger partial charge in [0.15, 0.2) is 0 Å². The van der Waals surface area contributed by atoms with Gasteiger partial charge in [-0.2, -0.15) is 0 Å². The minimum absolute atomic E-state index is 0.0522. The van der Waals surface area contributed by atoms with Gasteiger partial charge in [0, 0.05) is 25.0 Å². The van der Waals surface area contributed by atoms with Crippen LogP contribution in [0.3, 0.4) is 0 Å². The molecule has 1 aromatic heterocycles. The fourth-order valence-corrected chi connectivity index (χ4v) is 1.73. The highest BCUT2D eigenvalue weighted by Gasteiger charge is 2.14. The van der Waals surface area contributed by atoms with Gasteiger partial charge in [-0.1, -0.05) is 27.7 Å². The summed E-state index contributed by atoms with van der Waals surface area (Å²) in [7, 11) is 0. The average molecular weight is 277 g/mol. The summed E-state index contributed by atoms with van der Waals surface area (Å²) >= 11 is 0. The Labute approximate surface area is 122 Å². The van der Waals surface area contributed by atoms with E-state index in [1.54, 1.807) is 6.20 Å². The molecular formula is C16H27N3O. The van der Waals surface area contributed by atoms with Crippen molar-refractivity contribution >= 4 is 11.6 Å². The number of amides is 1. The van der Waals surface area contributed by atoms with E-state index >= 15 is 0 Å². The van der Waals surface area contributed by atoms with Crippen LogP contribution in [0, 0.1) is 18.8 Å². The summed E-state index contributed by atoms with van der Waals surface area (Å²) < 4.78 is 0. The van der Waals surface area contributed by atoms with E-state index < -0.39 is 0 Å². The molecular weight excluding hydrogens is 250 g/mol. The molecule has 0 fully saturated rings. The third-order valence-corrected chi connectivity index (χ3v) is 3.57. The zero-order valence-corrected chi connectivity index (χ0v) is 13.3. The summed E-state index contributed by atoms with van der Waals surface area (Å²) in [5.41, 5.74) is 2.41. The number of nitrogens with one attached hydrogen (secondary N) is 2. The van der Waals surface area contributed by atoms with Crippen molar-refractivity contribution in [3.8, 4) is 0 Å². The van der Waals surface area contributed by atoms with Gasteiger partial charge in [-0.05, 0) is 31.2 Å². The number of aromatic nitrogens is 1. The Morgan fingerprint density at radius 1 is 1.35 bits per heavy atom. The summed E-state index contributed by atoms with van der Waals surface area (Å²) in [5, 5.41) is 6.29. The van der Waals surface area contributed by atoms with E-state index in [-0.39, 0.29) is 5.91 Å². The van der Waals surface area contributed by atoms with Gasteiger partial charge in [-0.15, -0.1) is 0 Å². The molecule has 0 bridgehead atoms. The van der Waals surface area contributed by atoms with Crippen LogP contribution in [0.4, 0.5) is 5.69 Å². The van der Waals surface area contributed by atoms with E-state index in [1.165, 1.54) is 0 Å². The van der Waals surface area contributed by atoms with Gasteiger partial charge < -0.3 is 10.6 Å². The van der Waals surface area contributed by atoms with Crippen LogP contribution in [0.1, 0.15) is 50.2 Å². The van der Waals surface area contributed by atoms with Crippen molar-refractivity contribution in [1.29, 1.82) is 0 Å². The standard InChI is InChI=1S/C16H27N3O/c1-6-7-17-15-8-13(5)18-10-14(15)16(20)19-9-12(4)11(2)3/h8,10-12H,6-7,9H2,1-5H3,(H,17,18)(H,19,20). The number of nitrogens with zero attached hydrogens (tertiary/aromatic N) is 1. The predicted octanol–water partition coefficient (Wildman–Crippen LogP) is 3.23. The SMILES string of the molecule is CCCNc1cc(C)ncc1C(=O)NCC(C)C(C)C. The van der Waals surface area contributed by atoms with Gasteiger partial charge in [0.2, 0.25) is 0 Å². The summed E-state index contributed by atoms with van der Waals surface area (Å²) in [5.74, 6) is 0.970. The number of hydrogen-bond acceptors (Lipinski definition) is 3. The van der Waals surface area contributed by atoms with Crippen molar-refractivity contribution < 1.29 is 4.79 Å². The van der Waals surface area contributed by atoms with Crippen molar-refractivity contribution in [2.75, 3.05) is 18.4 Å². The Kier molecular flexibility index (Phi) is 6.49. The topological polar surface area (TPSA) is 54.0 Å². The number of carbonyl (C=O) groups is 1. The molecule has 0 radical (unpaired) electrons. The summed E-state index contributed by atoms with van der Waals surface area (Å²) in [6.45, 7) is 12.1. The second-order valence-electron chi connectivity index (χ2n) is 5.73. The lowest BCUT2D eigenvalue weighted by atomic mass is 9.98. The lowest BCUT2D eigenvalue weighted by Gasteiger charge is -2.17. The fraction of sp³-hybridized carbons (Fsp3) is 0.625. The number of rotatable bonds is 7. The molecule has 0 saturated carbocycles. The van der Waals surface area contributed by atoms with Crippen molar-refractivity contribution in [3.05, 3.63) is 23.5 Å². The van der Waals surface area contributed by atoms with Crippen LogP contribution >= 0.6 is 0 Å². The molecule has 0 aliphatic carbocycles. The summed E-state index contributed by atoms with van der Waals surface area (Å²) in [4.78, 5) is 16.5. The van der Waals surface area contributed by atoms with E-state index in [1.807, 2.05) is 13.0 Å². The molecule has 0 aliphatic rings. The number of pyridine rings is 1. The van der Waals surface area contributed by atoms with Crippen LogP contribution in [-0.4, -0.2) is 24.0 Å². The van der Waals surface area contributed by atoms with Crippen molar-refractivity contribution in [2.45, 2.75) is 41.0 Å². The molecule has 4 heteroatoms. The van der Waals surface area contributed by atoms with E-state index in [4.69, 9.17) is 0 Å². The van der Waals surface area contributed by atoms with Crippen LogP contribution in [-0.2, 0) is 0 Å². The van der Waals surface area contributed by atoms with Crippen LogP contribution < -0.4 is 10.6 Å². The van der Waals surface area contributed by atoms with Crippen LogP contribution in [0.2, 0.25) is 0 Å². The Morgan fingerprint density at radius 2 is 2.05 bits per heavy atom.